The van der Waals surface area contributed by atoms with E-state index in [-0.39, 0.29) is 57.1 Å². The SMILES string of the molecule is CNN(C)Cc1cc2ccccc2n1CCC(=O)NN(CCO)CC(=O)N(CCO)CCC(=O)N(C)[C@@H](C)C(=O)O[C@H]1CC(=O)N(C)c2cc(cc(OC)c2Cl)C/C(C)=C/C=C/[C@@H](OC)[C@@]2(O)C[C@H](OC(=O)N2)[C@@H](C)[C@@H]2O[C@@]12C. The second kappa shape index (κ2) is 27.3. The second-order valence-corrected chi connectivity index (χ2v) is 21.0. The summed E-state index contributed by atoms with van der Waals surface area (Å²) >= 11 is 6.84. The summed E-state index contributed by atoms with van der Waals surface area (Å²) in [6.07, 6.45) is -0.0839. The maximum atomic E-state index is 14.4. The lowest BCUT2D eigenvalue weighted by atomic mass is 9.83. The Bertz CT molecular complexity index is 2740. The van der Waals surface area contributed by atoms with E-state index in [4.69, 9.17) is 35.3 Å². The molecule has 0 spiro atoms. The number of rotatable bonds is 21. The van der Waals surface area contributed by atoms with Crippen molar-refractivity contribution in [2.45, 2.75) is 115 Å². The Balaban J connectivity index is 1.15. The number of aliphatic hydroxyl groups excluding tert-OH is 2. The molecule has 1 aromatic heterocycles. The van der Waals surface area contributed by atoms with Gasteiger partial charge in [0.1, 0.15) is 40.7 Å². The van der Waals surface area contributed by atoms with Crippen molar-refractivity contribution in [3.63, 3.8) is 0 Å². The number of anilines is 1. The third-order valence-electron chi connectivity index (χ3n) is 15.1. The number of para-hydroxylation sites is 1. The summed E-state index contributed by atoms with van der Waals surface area (Å²) in [5, 5.41) is 38.6. The number of hydrazine groups is 2. The zero-order chi connectivity index (χ0) is 57.9. The molecule has 2 aromatic carbocycles. The monoisotopic (exact) mass is 1120 g/mol. The van der Waals surface area contributed by atoms with Gasteiger partial charge >= 0.3 is 12.1 Å². The Morgan fingerprint density at radius 1 is 1.03 bits per heavy atom. The Kier molecular flexibility index (Phi) is 21.5. The van der Waals surface area contributed by atoms with E-state index in [1.807, 2.05) is 56.4 Å². The van der Waals surface area contributed by atoms with Gasteiger partial charge < -0.3 is 58.3 Å². The first-order chi connectivity index (χ1) is 37.5. The normalized spacial score (nSPS) is 24.9. The molecule has 24 heteroatoms. The highest BCUT2D eigenvalue weighted by atomic mass is 35.5. The number of carbonyl (C=O) groups is 6. The van der Waals surface area contributed by atoms with Crippen LogP contribution < -0.4 is 25.8 Å². The number of nitrogens with one attached hydrogen (secondary N) is 3. The van der Waals surface area contributed by atoms with Crippen molar-refractivity contribution >= 4 is 63.9 Å². The average molecular weight is 1120 g/mol. The lowest BCUT2D eigenvalue weighted by Crippen LogP contribution is -2.63. The van der Waals surface area contributed by atoms with Gasteiger partial charge in [-0.2, -0.15) is 0 Å². The molecule has 4 bridgehead atoms. The second-order valence-electron chi connectivity index (χ2n) is 20.6. The van der Waals surface area contributed by atoms with Crippen LogP contribution in [-0.4, -0.2) is 199 Å². The number of epoxide rings is 1. The molecule has 3 aromatic rings. The number of aromatic nitrogens is 1. The summed E-state index contributed by atoms with van der Waals surface area (Å²) in [6.45, 7) is 6.05. The summed E-state index contributed by atoms with van der Waals surface area (Å²) < 4.78 is 31.6. The molecule has 0 radical (unpaired) electrons. The molecular formula is C55H78ClN9O14. The molecule has 5 amide bonds. The van der Waals surface area contributed by atoms with Gasteiger partial charge in [0.05, 0.1) is 51.6 Å². The number of amides is 5. The molecule has 6 N–H and O–H groups in total. The number of fused-ring (bicyclic) bond motifs is 6. The van der Waals surface area contributed by atoms with Crippen molar-refractivity contribution < 1.29 is 67.8 Å². The number of likely N-dealkylation sites (N-methyl/N-ethyl adjacent to an activating group) is 1. The van der Waals surface area contributed by atoms with E-state index in [1.165, 1.54) is 50.0 Å². The van der Waals surface area contributed by atoms with Crippen LogP contribution in [0.2, 0.25) is 5.02 Å². The Labute approximate surface area is 466 Å². The zero-order valence-corrected chi connectivity index (χ0v) is 47.6. The number of benzene rings is 2. The predicted octanol–water partition coefficient (Wildman–Crippen LogP) is 2.66. The molecule has 79 heavy (non-hydrogen) atoms. The zero-order valence-electron chi connectivity index (χ0n) is 46.8. The molecule has 0 saturated carbocycles. The highest BCUT2D eigenvalue weighted by molar-refractivity contribution is 6.35. The van der Waals surface area contributed by atoms with Crippen molar-refractivity contribution in [2.75, 3.05) is 86.7 Å². The Morgan fingerprint density at radius 3 is 2.43 bits per heavy atom. The van der Waals surface area contributed by atoms with E-state index in [2.05, 4.69) is 26.8 Å². The van der Waals surface area contributed by atoms with Crippen molar-refractivity contribution in [1.29, 1.82) is 0 Å². The predicted molar refractivity (Wildman–Crippen MR) is 293 cm³/mol. The van der Waals surface area contributed by atoms with Gasteiger partial charge in [-0.25, -0.2) is 19.6 Å². The van der Waals surface area contributed by atoms with Crippen LogP contribution in [0, 0.1) is 5.92 Å². The first kappa shape index (κ1) is 62.1. The number of ether oxygens (including phenoxy) is 5. The third kappa shape index (κ3) is 15.2. The van der Waals surface area contributed by atoms with Gasteiger partial charge in [-0.15, -0.1) is 0 Å². The average Bonchev–Trinajstić information content (AvgIpc) is 4.19. The van der Waals surface area contributed by atoms with E-state index in [9.17, 15) is 44.1 Å². The maximum Gasteiger partial charge on any atom is 0.409 e. The number of esters is 1. The summed E-state index contributed by atoms with van der Waals surface area (Å²) in [4.78, 5) is 86.5. The fourth-order valence-corrected chi connectivity index (χ4v) is 10.4. The van der Waals surface area contributed by atoms with Crippen LogP contribution in [0.15, 0.2) is 66.3 Å². The molecule has 2 saturated heterocycles. The van der Waals surface area contributed by atoms with Gasteiger partial charge in [-0.05, 0) is 69.5 Å². The van der Waals surface area contributed by atoms with Crippen LogP contribution in [0.3, 0.4) is 0 Å². The molecular weight excluding hydrogens is 1050 g/mol. The topological polar surface area (TPSA) is 270 Å². The van der Waals surface area contributed by atoms with Gasteiger partial charge in [-0.1, -0.05) is 60.5 Å². The largest absolute Gasteiger partial charge is 0.495 e. The summed E-state index contributed by atoms with van der Waals surface area (Å²) in [5.41, 5.74) is 6.47. The lowest BCUT2D eigenvalue weighted by molar-refractivity contribution is -0.162. The molecule has 0 aliphatic carbocycles. The van der Waals surface area contributed by atoms with Crippen LogP contribution in [0.1, 0.15) is 64.6 Å². The number of aryl methyl sites for hydroxylation is 1. The molecule has 3 aliphatic heterocycles. The number of hydrogen-bond acceptors (Lipinski definition) is 17. The van der Waals surface area contributed by atoms with Gasteiger partial charge in [0.25, 0.3) is 0 Å². The molecule has 6 rings (SSSR count). The minimum atomic E-state index is -1.90. The van der Waals surface area contributed by atoms with Gasteiger partial charge in [0.15, 0.2) is 5.72 Å². The van der Waals surface area contributed by atoms with Crippen LogP contribution in [-0.2, 0) is 62.4 Å². The Morgan fingerprint density at radius 2 is 1.75 bits per heavy atom. The number of methoxy groups -OCH3 is 2. The molecule has 8 atom stereocenters. The number of halogens is 1. The van der Waals surface area contributed by atoms with Crippen molar-refractivity contribution in [3.8, 4) is 5.75 Å². The van der Waals surface area contributed by atoms with E-state index in [1.54, 1.807) is 38.1 Å². The molecule has 2 fully saturated rings. The lowest BCUT2D eigenvalue weighted by Gasteiger charge is -2.42. The number of carbonyl (C=O) groups excluding carboxylic acids is 6. The van der Waals surface area contributed by atoms with Gasteiger partial charge in [0, 0.05) is 90.8 Å². The van der Waals surface area contributed by atoms with Crippen LogP contribution in [0.25, 0.3) is 10.9 Å². The standard InChI is InChI=1S/C55H78ClN9O14/c1-34-14-13-17-44(76-10)55(74)31-43(77-53(73)58-55)35(2)51-54(4,79-51)45(30-48(70)62(8)41-27-37(26-34)28-42(75-9)50(41)56)78-52(72)36(3)61(7)47(69)19-20-63(22-24-66)49(71)33-64(23-25-67)59-46(68)18-21-65-39(32-60(6)57-5)29-38-15-11-12-16-40(38)65/h11-17,27-29,35-36,43-45,51,57,66-67,74H,18-26,30-33H2,1-10H3,(H,58,73)(H,59,68)/b17-13+,34-14+/t35-,36+,43+,44-,45+,51+,54+,55+/m1/s1. The van der Waals surface area contributed by atoms with E-state index in [0.717, 1.165) is 32.6 Å². The summed E-state index contributed by atoms with van der Waals surface area (Å²) in [5.74, 6) is -3.22. The quantitative estimate of drug-likeness (QED) is 0.0509. The smallest absolute Gasteiger partial charge is 0.409 e. The van der Waals surface area contributed by atoms with Gasteiger partial charge in [-0.3, -0.25) is 35.3 Å². The van der Waals surface area contributed by atoms with Crippen molar-refractivity contribution in [3.05, 3.63) is 82.5 Å². The van der Waals surface area contributed by atoms with Crippen LogP contribution >= 0.6 is 11.6 Å². The van der Waals surface area contributed by atoms with E-state index < -0.39 is 96.4 Å². The van der Waals surface area contributed by atoms with Crippen LogP contribution in [0.5, 0.6) is 5.75 Å². The highest BCUT2D eigenvalue weighted by Gasteiger charge is 2.64. The molecule has 4 heterocycles. The molecule has 434 valence electrons. The number of alkyl carbamates (subject to hydrolysis) is 1. The fraction of sp³-hybridized carbons (Fsp3) is 0.564. The summed E-state index contributed by atoms with van der Waals surface area (Å²) in [6, 6.07) is 12.2. The number of aliphatic hydroxyl groups is 3. The van der Waals surface area contributed by atoms with E-state index >= 15 is 0 Å². The van der Waals surface area contributed by atoms with Gasteiger partial charge in [0.2, 0.25) is 23.6 Å². The number of nitrogens with zero attached hydrogens (tertiary/aromatic N) is 6. The molecule has 0 unspecified atom stereocenters. The minimum absolute atomic E-state index is 0.0539. The summed E-state index contributed by atoms with van der Waals surface area (Å²) in [7, 11) is 9.51. The first-order valence-electron chi connectivity index (χ1n) is 26.4. The third-order valence-corrected chi connectivity index (χ3v) is 15.4. The first-order valence-corrected chi connectivity index (χ1v) is 26.7. The maximum absolute atomic E-state index is 14.4. The number of hydrogen-bond donors (Lipinski definition) is 6. The minimum Gasteiger partial charge on any atom is -0.495 e. The fourth-order valence-electron chi connectivity index (χ4n) is 10.1. The Hall–Kier alpha value is -6.15. The van der Waals surface area contributed by atoms with Crippen molar-refractivity contribution in [2.24, 2.45) is 5.92 Å². The molecule has 23 nitrogen and oxygen atoms in total. The molecule has 3 aliphatic rings. The van der Waals surface area contributed by atoms with Crippen molar-refractivity contribution in [1.82, 2.24) is 40.6 Å². The van der Waals surface area contributed by atoms with E-state index in [0.29, 0.717) is 30.9 Å². The highest BCUT2D eigenvalue weighted by Crippen LogP contribution is 2.49. The van der Waals surface area contributed by atoms with Crippen LogP contribution in [0.4, 0.5) is 10.5 Å². The number of allylic oxidation sites excluding steroid dienone is 3.